The minimum absolute atomic E-state index is 0.311. The van der Waals surface area contributed by atoms with E-state index in [4.69, 9.17) is 14.2 Å². The molecule has 2 aromatic heterocycles. The Morgan fingerprint density at radius 1 is 0.872 bits per heavy atom. The second-order valence-electron chi connectivity index (χ2n) is 11.3. The largest absolute Gasteiger partial charge is 0.492 e. The molecule has 3 aromatic carbocycles. The molecule has 0 atom stereocenters. The SMILES string of the molecule is O=C(Nc1cc(F)cc(N2CCOCC2)c1)c1cccc(Sc2ccc3nnc(-c4cccc(OCCN5CCOCC5)c4)n3c2)c1. The lowest BCUT2D eigenvalue weighted by molar-refractivity contribution is 0.0322. The Morgan fingerprint density at radius 3 is 2.53 bits per heavy atom. The number of ether oxygens (including phenoxy) is 3. The van der Waals surface area contributed by atoms with E-state index >= 15 is 0 Å². The molecule has 10 nitrogen and oxygen atoms in total. The molecule has 0 unspecified atom stereocenters. The second kappa shape index (κ2) is 14.5. The van der Waals surface area contributed by atoms with Crippen molar-refractivity contribution in [2.75, 3.05) is 76.0 Å². The highest BCUT2D eigenvalue weighted by molar-refractivity contribution is 7.99. The van der Waals surface area contributed by atoms with E-state index in [1.165, 1.54) is 23.9 Å². The van der Waals surface area contributed by atoms with Gasteiger partial charge < -0.3 is 24.4 Å². The number of aromatic nitrogens is 3. The van der Waals surface area contributed by atoms with E-state index in [1.54, 1.807) is 12.1 Å². The summed E-state index contributed by atoms with van der Waals surface area (Å²) in [6, 6.07) is 23.8. The lowest BCUT2D eigenvalue weighted by Gasteiger charge is -2.29. The fourth-order valence-corrected chi connectivity index (χ4v) is 6.56. The van der Waals surface area contributed by atoms with Crippen LogP contribution >= 0.6 is 11.8 Å². The van der Waals surface area contributed by atoms with E-state index in [9.17, 15) is 9.18 Å². The number of carbonyl (C=O) groups excluding carboxylic acids is 1. The van der Waals surface area contributed by atoms with Crippen molar-refractivity contribution in [3.8, 4) is 17.1 Å². The van der Waals surface area contributed by atoms with Gasteiger partial charge >= 0.3 is 0 Å². The number of hydrogen-bond acceptors (Lipinski definition) is 9. The number of rotatable bonds is 10. The summed E-state index contributed by atoms with van der Waals surface area (Å²) < 4.78 is 33.3. The number of halogens is 1. The molecule has 0 saturated carbocycles. The average molecular weight is 655 g/mol. The number of nitrogens with zero attached hydrogens (tertiary/aromatic N) is 5. The molecule has 1 amide bonds. The van der Waals surface area contributed by atoms with E-state index in [-0.39, 0.29) is 5.91 Å². The third kappa shape index (κ3) is 7.74. The molecule has 47 heavy (non-hydrogen) atoms. The number of morpholine rings is 2. The Kier molecular flexibility index (Phi) is 9.61. The molecule has 2 saturated heterocycles. The number of nitrogens with one attached hydrogen (secondary N) is 1. The van der Waals surface area contributed by atoms with Gasteiger partial charge in [0.25, 0.3) is 5.91 Å². The van der Waals surface area contributed by atoms with E-state index in [2.05, 4.69) is 25.3 Å². The van der Waals surface area contributed by atoms with E-state index in [0.717, 1.165) is 65.3 Å². The Balaban J connectivity index is 1.03. The number of pyridine rings is 1. The van der Waals surface area contributed by atoms with Crippen LogP contribution in [0.5, 0.6) is 5.75 Å². The third-order valence-corrected chi connectivity index (χ3v) is 9.06. The van der Waals surface area contributed by atoms with Gasteiger partial charge in [-0.15, -0.1) is 10.2 Å². The molecule has 12 heteroatoms. The van der Waals surface area contributed by atoms with Gasteiger partial charge in [0, 0.05) is 71.2 Å². The van der Waals surface area contributed by atoms with Crippen molar-refractivity contribution in [2.24, 2.45) is 0 Å². The van der Waals surface area contributed by atoms with E-state index in [1.807, 2.05) is 65.2 Å². The Bertz CT molecular complexity index is 1860. The quantitative estimate of drug-likeness (QED) is 0.210. The Hall–Kier alpha value is -4.49. The normalized spacial score (nSPS) is 15.6. The van der Waals surface area contributed by atoms with Gasteiger partial charge in [-0.05, 0) is 60.7 Å². The van der Waals surface area contributed by atoms with E-state index in [0.29, 0.717) is 50.0 Å². The van der Waals surface area contributed by atoms with Crippen LogP contribution in [0.4, 0.5) is 15.8 Å². The molecule has 0 aliphatic carbocycles. The van der Waals surface area contributed by atoms with Crippen LogP contribution < -0.4 is 15.0 Å². The summed E-state index contributed by atoms with van der Waals surface area (Å²) >= 11 is 1.53. The number of hydrogen-bond donors (Lipinski definition) is 1. The monoisotopic (exact) mass is 654 g/mol. The minimum atomic E-state index is -0.402. The highest BCUT2D eigenvalue weighted by atomic mass is 32.2. The predicted molar refractivity (Wildman–Crippen MR) is 179 cm³/mol. The maximum absolute atomic E-state index is 14.5. The van der Waals surface area contributed by atoms with Crippen LogP contribution in [0.3, 0.4) is 0 Å². The van der Waals surface area contributed by atoms with Gasteiger partial charge in [0.2, 0.25) is 0 Å². The van der Waals surface area contributed by atoms with Crippen molar-refractivity contribution in [1.29, 1.82) is 0 Å². The molecule has 7 rings (SSSR count). The van der Waals surface area contributed by atoms with Crippen molar-refractivity contribution < 1.29 is 23.4 Å². The number of amides is 1. The third-order valence-electron chi connectivity index (χ3n) is 8.10. The zero-order chi connectivity index (χ0) is 32.0. The number of carbonyl (C=O) groups is 1. The number of anilines is 2. The molecule has 0 radical (unpaired) electrons. The van der Waals surface area contributed by atoms with Gasteiger partial charge in [-0.3, -0.25) is 14.1 Å². The standard InChI is InChI=1S/C35H35FN6O4S/c36-27-21-28(23-29(22-27)41-12-16-45-17-13-41)37-35(43)26-4-2-6-31(20-26)47-32-7-8-33-38-39-34(42(33)24-32)25-3-1-5-30(19-25)46-18-11-40-9-14-44-15-10-40/h1-8,19-24H,9-18H2,(H,37,43). The van der Waals surface area contributed by atoms with Gasteiger partial charge in [0.1, 0.15) is 18.2 Å². The molecule has 2 fully saturated rings. The van der Waals surface area contributed by atoms with Crippen LogP contribution in [0.1, 0.15) is 10.4 Å². The molecule has 2 aliphatic heterocycles. The summed E-state index contributed by atoms with van der Waals surface area (Å²) in [5.74, 6) is 0.777. The maximum Gasteiger partial charge on any atom is 0.255 e. The Morgan fingerprint density at radius 2 is 1.68 bits per heavy atom. The van der Waals surface area contributed by atoms with Crippen molar-refractivity contribution in [3.05, 3.63) is 96.4 Å². The van der Waals surface area contributed by atoms with E-state index < -0.39 is 5.82 Å². The second-order valence-corrected chi connectivity index (χ2v) is 12.5. The molecule has 4 heterocycles. The molecule has 2 aliphatic rings. The lowest BCUT2D eigenvalue weighted by Crippen LogP contribution is -2.38. The summed E-state index contributed by atoms with van der Waals surface area (Å²) in [7, 11) is 0. The number of fused-ring (bicyclic) bond motifs is 1. The fraction of sp³-hybridized carbons (Fsp3) is 0.286. The Labute approximate surface area is 276 Å². The summed E-state index contributed by atoms with van der Waals surface area (Å²) in [6.45, 7) is 7.37. The zero-order valence-corrected chi connectivity index (χ0v) is 26.6. The van der Waals surface area contributed by atoms with Crippen LogP contribution in [0.25, 0.3) is 17.0 Å². The first kappa shape index (κ1) is 31.1. The first-order valence-electron chi connectivity index (χ1n) is 15.7. The van der Waals surface area contributed by atoms with Crippen molar-refractivity contribution in [3.63, 3.8) is 0 Å². The van der Waals surface area contributed by atoms with Gasteiger partial charge in [0.15, 0.2) is 11.5 Å². The fourth-order valence-electron chi connectivity index (χ4n) is 5.66. The smallest absolute Gasteiger partial charge is 0.255 e. The topological polar surface area (TPSA) is 93.5 Å². The maximum atomic E-state index is 14.5. The number of benzene rings is 3. The first-order valence-corrected chi connectivity index (χ1v) is 16.5. The van der Waals surface area contributed by atoms with Gasteiger partial charge in [-0.1, -0.05) is 30.0 Å². The van der Waals surface area contributed by atoms with Crippen LogP contribution in [-0.2, 0) is 9.47 Å². The van der Waals surface area contributed by atoms with Gasteiger partial charge in [-0.2, -0.15) is 0 Å². The first-order chi connectivity index (χ1) is 23.1. The van der Waals surface area contributed by atoms with Crippen molar-refractivity contribution in [2.45, 2.75) is 9.79 Å². The molecular weight excluding hydrogens is 619 g/mol. The summed E-state index contributed by atoms with van der Waals surface area (Å²) in [4.78, 5) is 19.4. The summed E-state index contributed by atoms with van der Waals surface area (Å²) in [6.07, 6.45) is 1.99. The average Bonchev–Trinajstić information content (AvgIpc) is 3.53. The predicted octanol–water partition coefficient (Wildman–Crippen LogP) is 5.49. The zero-order valence-electron chi connectivity index (χ0n) is 25.8. The highest BCUT2D eigenvalue weighted by Gasteiger charge is 2.16. The van der Waals surface area contributed by atoms with Crippen molar-refractivity contribution >= 4 is 34.7 Å². The van der Waals surface area contributed by atoms with Crippen molar-refractivity contribution in [1.82, 2.24) is 19.5 Å². The van der Waals surface area contributed by atoms with Gasteiger partial charge in [0.05, 0.1) is 26.4 Å². The summed E-state index contributed by atoms with van der Waals surface area (Å²) in [5.41, 5.74) is 3.23. The van der Waals surface area contributed by atoms with Crippen LogP contribution in [0.15, 0.2) is 94.9 Å². The van der Waals surface area contributed by atoms with Crippen LogP contribution in [-0.4, -0.2) is 91.2 Å². The molecule has 1 N–H and O–H groups in total. The van der Waals surface area contributed by atoms with Crippen LogP contribution in [0, 0.1) is 5.82 Å². The molecule has 0 spiro atoms. The lowest BCUT2D eigenvalue weighted by atomic mass is 10.2. The molecular formula is C35H35FN6O4S. The molecule has 5 aromatic rings. The van der Waals surface area contributed by atoms with Gasteiger partial charge in [-0.25, -0.2) is 4.39 Å². The molecule has 0 bridgehead atoms. The highest BCUT2D eigenvalue weighted by Crippen LogP contribution is 2.31. The van der Waals surface area contributed by atoms with Crippen LogP contribution in [0.2, 0.25) is 0 Å². The minimum Gasteiger partial charge on any atom is -0.492 e. The summed E-state index contributed by atoms with van der Waals surface area (Å²) in [5, 5.41) is 11.7. The molecule has 242 valence electrons.